The first-order valence-corrected chi connectivity index (χ1v) is 4.29. The van der Waals surface area contributed by atoms with Crippen LogP contribution in [0.2, 0.25) is 10.0 Å². The van der Waals surface area contributed by atoms with Gasteiger partial charge in [-0.05, 0) is 12.1 Å². The van der Waals surface area contributed by atoms with E-state index < -0.39 is 33.3 Å². The van der Waals surface area contributed by atoms with Crippen LogP contribution in [0.25, 0.3) is 0 Å². The van der Waals surface area contributed by atoms with Gasteiger partial charge in [0.1, 0.15) is 0 Å². The minimum absolute atomic E-state index is 0.501. The van der Waals surface area contributed by atoms with Crippen molar-refractivity contribution in [3.05, 3.63) is 33.3 Å². The molecule has 0 fully saturated rings. The maximum Gasteiger partial charge on any atom is 0.418 e. The summed E-state index contributed by atoms with van der Waals surface area (Å²) in [5.74, 6) is -1.77. The summed E-state index contributed by atoms with van der Waals surface area (Å²) in [6, 6.07) is 1.90. The fourth-order valence-electron chi connectivity index (χ4n) is 1.04. The molecule has 0 aliphatic carbocycles. The van der Waals surface area contributed by atoms with E-state index in [2.05, 4.69) is 0 Å². The van der Waals surface area contributed by atoms with E-state index in [1.807, 2.05) is 0 Å². The van der Waals surface area contributed by atoms with E-state index in [0.717, 1.165) is 12.1 Å². The Kier molecular flexibility index (Phi) is 3.16. The quantitative estimate of drug-likeness (QED) is 0.834. The number of benzene rings is 1. The Hall–Kier alpha value is -0.940. The molecule has 0 heterocycles. The zero-order valence-electron chi connectivity index (χ0n) is 6.90. The molecule has 0 atom stereocenters. The van der Waals surface area contributed by atoms with Crippen LogP contribution in [-0.2, 0) is 6.18 Å². The van der Waals surface area contributed by atoms with Crippen molar-refractivity contribution >= 4 is 29.2 Å². The number of carboxylic acid groups (broad SMARTS) is 1. The number of halogens is 5. The fraction of sp³-hybridized carbons (Fsp3) is 0.125. The number of carbonyl (C=O) groups is 1. The Balaban J connectivity index is 3.60. The molecule has 0 bridgehead atoms. The molecule has 0 saturated carbocycles. The van der Waals surface area contributed by atoms with Crippen LogP contribution in [0.4, 0.5) is 13.2 Å². The summed E-state index contributed by atoms with van der Waals surface area (Å²) < 4.78 is 37.3. The van der Waals surface area contributed by atoms with E-state index in [9.17, 15) is 18.0 Å². The molecule has 0 saturated heterocycles. The molecule has 0 aromatic heterocycles. The SMILES string of the molecule is O=C(O)c1c(Cl)ccc(Cl)c1C(F)(F)F. The molecule has 15 heavy (non-hydrogen) atoms. The summed E-state index contributed by atoms with van der Waals surface area (Å²) in [6.45, 7) is 0. The Morgan fingerprint density at radius 3 is 2.00 bits per heavy atom. The molecule has 0 spiro atoms. The average molecular weight is 259 g/mol. The van der Waals surface area contributed by atoms with Gasteiger partial charge in [0, 0.05) is 0 Å². The Morgan fingerprint density at radius 1 is 1.20 bits per heavy atom. The first-order valence-electron chi connectivity index (χ1n) is 3.53. The maximum atomic E-state index is 12.4. The second-order valence-corrected chi connectivity index (χ2v) is 3.40. The number of hydrogen-bond donors (Lipinski definition) is 1. The Bertz CT molecular complexity index is 415. The standard InChI is InChI=1S/C8H3Cl2F3O2/c9-3-1-2-4(10)6(8(11,12)13)5(3)7(14)15/h1-2H,(H,14,15). The second-order valence-electron chi connectivity index (χ2n) is 2.58. The zero-order valence-corrected chi connectivity index (χ0v) is 8.41. The first kappa shape index (κ1) is 12.1. The smallest absolute Gasteiger partial charge is 0.418 e. The van der Waals surface area contributed by atoms with E-state index in [4.69, 9.17) is 28.3 Å². The first-order chi connectivity index (χ1) is 6.75. The normalized spacial score (nSPS) is 11.5. The topological polar surface area (TPSA) is 37.3 Å². The molecular formula is C8H3Cl2F3O2. The minimum atomic E-state index is -4.85. The van der Waals surface area contributed by atoms with Crippen LogP contribution >= 0.6 is 23.2 Å². The summed E-state index contributed by atoms with van der Waals surface area (Å²) in [4.78, 5) is 10.6. The fourth-order valence-corrected chi connectivity index (χ4v) is 1.54. The van der Waals surface area contributed by atoms with Crippen LogP contribution < -0.4 is 0 Å². The molecule has 82 valence electrons. The van der Waals surface area contributed by atoms with E-state index >= 15 is 0 Å². The summed E-state index contributed by atoms with van der Waals surface area (Å²) in [6.07, 6.45) is -4.85. The number of carboxylic acids is 1. The van der Waals surface area contributed by atoms with Crippen molar-refractivity contribution in [2.24, 2.45) is 0 Å². The lowest BCUT2D eigenvalue weighted by atomic mass is 10.1. The number of hydrogen-bond acceptors (Lipinski definition) is 1. The number of aromatic carboxylic acids is 1. The lowest BCUT2D eigenvalue weighted by Gasteiger charge is -2.12. The Labute approximate surface area is 92.2 Å². The monoisotopic (exact) mass is 258 g/mol. The Morgan fingerprint density at radius 2 is 1.67 bits per heavy atom. The summed E-state index contributed by atoms with van der Waals surface area (Å²) >= 11 is 10.7. The molecule has 7 heteroatoms. The third-order valence-electron chi connectivity index (χ3n) is 1.60. The van der Waals surface area contributed by atoms with Crippen LogP contribution in [0, 0.1) is 0 Å². The molecule has 2 nitrogen and oxygen atoms in total. The highest BCUT2D eigenvalue weighted by molar-refractivity contribution is 6.36. The summed E-state index contributed by atoms with van der Waals surface area (Å²) in [5, 5.41) is 7.40. The maximum absolute atomic E-state index is 12.4. The van der Waals surface area contributed by atoms with Crippen LogP contribution in [0.5, 0.6) is 0 Å². The molecule has 1 aromatic rings. The van der Waals surface area contributed by atoms with Crippen molar-refractivity contribution in [3.63, 3.8) is 0 Å². The van der Waals surface area contributed by atoms with Crippen molar-refractivity contribution in [1.29, 1.82) is 0 Å². The third-order valence-corrected chi connectivity index (χ3v) is 2.23. The van der Waals surface area contributed by atoms with E-state index in [-0.39, 0.29) is 0 Å². The molecule has 0 aliphatic heterocycles. The second kappa shape index (κ2) is 3.90. The molecule has 1 aromatic carbocycles. The van der Waals surface area contributed by atoms with Gasteiger partial charge in [-0.3, -0.25) is 0 Å². The highest BCUT2D eigenvalue weighted by Crippen LogP contribution is 2.39. The van der Waals surface area contributed by atoms with Gasteiger partial charge in [-0.1, -0.05) is 23.2 Å². The van der Waals surface area contributed by atoms with Crippen LogP contribution in [0.1, 0.15) is 15.9 Å². The highest BCUT2D eigenvalue weighted by atomic mass is 35.5. The largest absolute Gasteiger partial charge is 0.478 e. The van der Waals surface area contributed by atoms with Gasteiger partial charge < -0.3 is 5.11 Å². The van der Waals surface area contributed by atoms with Crippen LogP contribution in [-0.4, -0.2) is 11.1 Å². The van der Waals surface area contributed by atoms with Crippen molar-refractivity contribution in [3.8, 4) is 0 Å². The molecule has 0 amide bonds. The van der Waals surface area contributed by atoms with Crippen molar-refractivity contribution < 1.29 is 23.1 Å². The van der Waals surface area contributed by atoms with Gasteiger partial charge in [-0.25, -0.2) is 4.79 Å². The van der Waals surface area contributed by atoms with Gasteiger partial charge in [0.15, 0.2) is 0 Å². The summed E-state index contributed by atoms with van der Waals surface area (Å²) in [7, 11) is 0. The predicted molar refractivity (Wildman–Crippen MR) is 48.4 cm³/mol. The number of alkyl halides is 3. The molecular weight excluding hydrogens is 256 g/mol. The minimum Gasteiger partial charge on any atom is -0.478 e. The van der Waals surface area contributed by atoms with Crippen molar-refractivity contribution in [1.82, 2.24) is 0 Å². The third kappa shape index (κ3) is 2.35. The zero-order chi connectivity index (χ0) is 11.8. The summed E-state index contributed by atoms with van der Waals surface area (Å²) in [5.41, 5.74) is -2.46. The van der Waals surface area contributed by atoms with Gasteiger partial charge in [0.2, 0.25) is 0 Å². The van der Waals surface area contributed by atoms with Gasteiger partial charge in [-0.15, -0.1) is 0 Å². The predicted octanol–water partition coefficient (Wildman–Crippen LogP) is 3.71. The molecule has 0 radical (unpaired) electrons. The van der Waals surface area contributed by atoms with Gasteiger partial charge >= 0.3 is 12.1 Å². The molecule has 1 rings (SSSR count). The van der Waals surface area contributed by atoms with Crippen LogP contribution in [0.15, 0.2) is 12.1 Å². The number of rotatable bonds is 1. The molecule has 0 aliphatic rings. The average Bonchev–Trinajstić information content (AvgIpc) is 2.05. The highest BCUT2D eigenvalue weighted by Gasteiger charge is 2.39. The van der Waals surface area contributed by atoms with Crippen molar-refractivity contribution in [2.75, 3.05) is 0 Å². The van der Waals surface area contributed by atoms with Gasteiger partial charge in [0.05, 0.1) is 21.2 Å². The lowest BCUT2D eigenvalue weighted by Crippen LogP contribution is -2.14. The van der Waals surface area contributed by atoms with Gasteiger partial charge in [0.25, 0.3) is 0 Å². The molecule has 0 unspecified atom stereocenters. The van der Waals surface area contributed by atoms with E-state index in [0.29, 0.717) is 0 Å². The lowest BCUT2D eigenvalue weighted by molar-refractivity contribution is -0.138. The van der Waals surface area contributed by atoms with Gasteiger partial charge in [-0.2, -0.15) is 13.2 Å². The van der Waals surface area contributed by atoms with E-state index in [1.165, 1.54) is 0 Å². The van der Waals surface area contributed by atoms with E-state index in [1.54, 1.807) is 0 Å². The molecule has 1 N–H and O–H groups in total. The van der Waals surface area contributed by atoms with Crippen LogP contribution in [0.3, 0.4) is 0 Å². The van der Waals surface area contributed by atoms with Crippen molar-refractivity contribution in [2.45, 2.75) is 6.18 Å².